The highest BCUT2D eigenvalue weighted by Crippen LogP contribution is 2.33. The van der Waals surface area contributed by atoms with Crippen LogP contribution >= 0.6 is 0 Å². The Labute approximate surface area is 321 Å². The second-order valence-corrected chi connectivity index (χ2v) is 14.6. The van der Waals surface area contributed by atoms with E-state index in [1.807, 2.05) is 0 Å². The summed E-state index contributed by atoms with van der Waals surface area (Å²) in [6, 6.07) is 35.8. The van der Waals surface area contributed by atoms with Gasteiger partial charge in [0.2, 0.25) is 0 Å². The lowest BCUT2D eigenvalue weighted by atomic mass is 10.0. The smallest absolute Gasteiger partial charge is 0.0420 e. The molecular formula is C46H60N8. The average Bonchev–Trinajstić information content (AvgIpc) is 3.19. The Balaban J connectivity index is 0.930. The van der Waals surface area contributed by atoms with E-state index in [1.165, 1.54) is 65.8 Å². The molecule has 0 saturated heterocycles. The predicted molar refractivity (Wildman–Crippen MR) is 236 cm³/mol. The first-order valence-corrected chi connectivity index (χ1v) is 20.5. The normalized spacial score (nSPS) is 17.3. The number of nitrogens with one attached hydrogen (secondary N) is 8. The van der Waals surface area contributed by atoms with Gasteiger partial charge < -0.3 is 42.5 Å². The molecule has 6 aromatic carbocycles. The van der Waals surface area contributed by atoms with Gasteiger partial charge in [-0.3, -0.25) is 0 Å². The Morgan fingerprint density at radius 3 is 0.722 bits per heavy atom. The zero-order valence-corrected chi connectivity index (χ0v) is 32.0. The third kappa shape index (κ3) is 10.3. The first-order valence-electron chi connectivity index (χ1n) is 20.5. The SMILES string of the molecule is c1cc2c3cc4cccc(c4cc3c1)NCCCNCCCNCCCNc1cccc3cc4c(cccc4cc13)NCCCNCCCNCCCN2. The van der Waals surface area contributed by atoms with Crippen molar-refractivity contribution in [2.24, 2.45) is 0 Å². The molecule has 10 rings (SSSR count). The molecule has 284 valence electrons. The third-order valence-electron chi connectivity index (χ3n) is 10.6. The minimum absolute atomic E-state index is 0.951. The first-order chi connectivity index (χ1) is 26.8. The molecule has 0 unspecified atom stereocenters. The zero-order chi connectivity index (χ0) is 36.6. The first kappa shape index (κ1) is 37.7. The minimum atomic E-state index is 0.951. The van der Waals surface area contributed by atoms with Crippen molar-refractivity contribution < 1.29 is 0 Å². The molecular weight excluding hydrogens is 665 g/mol. The molecule has 0 atom stereocenters. The van der Waals surface area contributed by atoms with Gasteiger partial charge in [0.15, 0.2) is 0 Å². The fraction of sp³-hybridized carbons (Fsp3) is 0.391. The van der Waals surface area contributed by atoms with Crippen LogP contribution in [-0.2, 0) is 0 Å². The predicted octanol–water partition coefficient (Wildman–Crippen LogP) is 8.36. The van der Waals surface area contributed by atoms with Crippen LogP contribution in [0.1, 0.15) is 38.5 Å². The van der Waals surface area contributed by atoms with Crippen molar-refractivity contribution in [1.29, 1.82) is 0 Å². The van der Waals surface area contributed by atoms with Crippen LogP contribution in [0, 0.1) is 0 Å². The van der Waals surface area contributed by atoms with E-state index in [0.717, 1.165) is 117 Å². The van der Waals surface area contributed by atoms with Crippen molar-refractivity contribution in [1.82, 2.24) is 21.3 Å². The maximum atomic E-state index is 3.72. The molecule has 0 fully saturated rings. The lowest BCUT2D eigenvalue weighted by Gasteiger charge is -2.14. The van der Waals surface area contributed by atoms with Crippen molar-refractivity contribution in [2.75, 3.05) is 99.8 Å². The number of benzene rings is 6. The van der Waals surface area contributed by atoms with E-state index < -0.39 is 0 Å². The molecule has 6 aromatic rings. The van der Waals surface area contributed by atoms with Gasteiger partial charge in [0, 0.05) is 70.5 Å². The van der Waals surface area contributed by atoms with E-state index in [0.29, 0.717) is 0 Å². The zero-order valence-electron chi connectivity index (χ0n) is 32.0. The number of hydrogen-bond acceptors (Lipinski definition) is 8. The van der Waals surface area contributed by atoms with Gasteiger partial charge in [0.25, 0.3) is 0 Å². The molecule has 4 heterocycles. The summed E-state index contributed by atoms with van der Waals surface area (Å²) in [5.41, 5.74) is 4.86. The van der Waals surface area contributed by atoms with Crippen LogP contribution in [0.4, 0.5) is 22.7 Å². The molecule has 54 heavy (non-hydrogen) atoms. The molecule has 12 bridgehead atoms. The molecule has 4 aliphatic rings. The highest BCUT2D eigenvalue weighted by Gasteiger charge is 2.08. The summed E-state index contributed by atoms with van der Waals surface area (Å²) in [5.74, 6) is 0. The van der Waals surface area contributed by atoms with E-state index >= 15 is 0 Å². The largest absolute Gasteiger partial charge is 0.384 e. The molecule has 8 heteroatoms. The molecule has 8 nitrogen and oxygen atoms in total. The van der Waals surface area contributed by atoms with Gasteiger partial charge in [-0.15, -0.1) is 0 Å². The Morgan fingerprint density at radius 1 is 0.259 bits per heavy atom. The van der Waals surface area contributed by atoms with Crippen molar-refractivity contribution in [3.63, 3.8) is 0 Å². The molecule has 0 spiro atoms. The van der Waals surface area contributed by atoms with Crippen molar-refractivity contribution in [3.8, 4) is 0 Å². The highest BCUT2D eigenvalue weighted by molar-refractivity contribution is 6.08. The number of anilines is 4. The van der Waals surface area contributed by atoms with Crippen LogP contribution in [0.5, 0.6) is 0 Å². The maximum absolute atomic E-state index is 3.72. The van der Waals surface area contributed by atoms with Crippen LogP contribution in [0.3, 0.4) is 0 Å². The van der Waals surface area contributed by atoms with Gasteiger partial charge in [-0.2, -0.15) is 0 Å². The topological polar surface area (TPSA) is 96.2 Å². The Kier molecular flexibility index (Phi) is 14.1. The fourth-order valence-electron chi connectivity index (χ4n) is 7.64. The molecule has 8 N–H and O–H groups in total. The van der Waals surface area contributed by atoms with Gasteiger partial charge in [0.1, 0.15) is 0 Å². The average molecular weight is 725 g/mol. The molecule has 0 saturated carbocycles. The second kappa shape index (κ2) is 20.2. The Morgan fingerprint density at radius 2 is 0.481 bits per heavy atom. The summed E-state index contributed by atoms with van der Waals surface area (Å²) < 4.78 is 0. The van der Waals surface area contributed by atoms with Crippen LogP contribution < -0.4 is 42.5 Å². The maximum Gasteiger partial charge on any atom is 0.0420 e. The standard InChI is InChI=1S/C46H60N8/c1-11-35-31-40-36-12-2-16-44(40)52-28-8-24-48-21-6-22-50-26-10-30-54-46-18-4-14-38-33-41-37(34-42(38)46)13-3-17-45(41)53-29-9-25-49-20-5-19-47-23-7-27-51-43(15-1)39(35)32-36/h1-4,11-18,31-34,47-54H,5-10,19-30H2. The van der Waals surface area contributed by atoms with Gasteiger partial charge in [0.05, 0.1) is 0 Å². The molecule has 0 radical (unpaired) electrons. The van der Waals surface area contributed by atoms with Crippen molar-refractivity contribution in [2.45, 2.75) is 38.5 Å². The summed E-state index contributed by atoms with van der Waals surface area (Å²) in [6.07, 6.45) is 6.62. The summed E-state index contributed by atoms with van der Waals surface area (Å²) in [5, 5.41) is 39.6. The van der Waals surface area contributed by atoms with Crippen molar-refractivity contribution >= 4 is 65.8 Å². The van der Waals surface area contributed by atoms with Crippen molar-refractivity contribution in [3.05, 3.63) is 97.1 Å². The quantitative estimate of drug-likeness (QED) is 0.0742. The monoisotopic (exact) mass is 724 g/mol. The fourth-order valence-corrected chi connectivity index (χ4v) is 7.64. The van der Waals surface area contributed by atoms with Gasteiger partial charge in [-0.25, -0.2) is 0 Å². The van der Waals surface area contributed by atoms with Crippen LogP contribution in [0.25, 0.3) is 43.1 Å². The second-order valence-electron chi connectivity index (χ2n) is 14.6. The number of rotatable bonds is 0. The van der Waals surface area contributed by atoms with Crippen LogP contribution in [-0.4, -0.2) is 78.5 Å². The van der Waals surface area contributed by atoms with Crippen LogP contribution in [0.15, 0.2) is 97.1 Å². The van der Waals surface area contributed by atoms with E-state index in [4.69, 9.17) is 0 Å². The molecule has 0 aliphatic carbocycles. The Hall–Kier alpha value is -4.60. The van der Waals surface area contributed by atoms with Gasteiger partial charge in [-0.1, -0.05) is 48.5 Å². The lowest BCUT2D eigenvalue weighted by molar-refractivity contribution is 0.583. The van der Waals surface area contributed by atoms with E-state index in [-0.39, 0.29) is 0 Å². The van der Waals surface area contributed by atoms with E-state index in [2.05, 4.69) is 140 Å². The number of hydrogen-bond donors (Lipinski definition) is 8. The van der Waals surface area contributed by atoms with Gasteiger partial charge in [-0.05, 0) is 161 Å². The molecule has 0 aromatic heterocycles. The lowest BCUT2D eigenvalue weighted by Crippen LogP contribution is -2.25. The molecule has 4 aliphatic heterocycles. The van der Waals surface area contributed by atoms with E-state index in [9.17, 15) is 0 Å². The van der Waals surface area contributed by atoms with Gasteiger partial charge >= 0.3 is 0 Å². The van der Waals surface area contributed by atoms with E-state index in [1.54, 1.807) is 0 Å². The third-order valence-corrected chi connectivity index (χ3v) is 10.6. The minimum Gasteiger partial charge on any atom is -0.384 e. The molecule has 0 amide bonds. The summed E-state index contributed by atoms with van der Waals surface area (Å²) in [4.78, 5) is 0. The Bertz CT molecular complexity index is 1780. The summed E-state index contributed by atoms with van der Waals surface area (Å²) in [6.45, 7) is 12.0. The highest BCUT2D eigenvalue weighted by atomic mass is 14.9. The summed E-state index contributed by atoms with van der Waals surface area (Å²) in [7, 11) is 0. The summed E-state index contributed by atoms with van der Waals surface area (Å²) >= 11 is 0. The van der Waals surface area contributed by atoms with Crippen LogP contribution in [0.2, 0.25) is 0 Å².